The smallest absolute Gasteiger partial charge is 0.229 e. The third-order valence-electron chi connectivity index (χ3n) is 4.20. The molecular weight excluding hydrogens is 342 g/mol. The van der Waals surface area contributed by atoms with Crippen LogP contribution in [0, 0.1) is 0 Å². The molecule has 4 rings (SSSR count). The first kappa shape index (κ1) is 16.8. The number of nitrogens with zero attached hydrogens (tertiary/aromatic N) is 4. The van der Waals surface area contributed by atoms with Crippen LogP contribution in [-0.4, -0.2) is 32.2 Å². The van der Waals surface area contributed by atoms with Gasteiger partial charge in [-0.3, -0.25) is 9.48 Å². The highest BCUT2D eigenvalue weighted by atomic mass is 16.5. The second-order valence-electron chi connectivity index (χ2n) is 6.16. The van der Waals surface area contributed by atoms with Crippen LogP contribution in [0.1, 0.15) is 11.3 Å². The normalized spacial score (nSPS) is 10.9. The number of para-hydroxylation sites is 1. The van der Waals surface area contributed by atoms with E-state index in [4.69, 9.17) is 4.74 Å². The number of amides is 1. The number of carbonyl (C=O) groups excluding carboxylic acids is 1. The Balaban J connectivity index is 1.41. The van der Waals surface area contributed by atoms with Gasteiger partial charge in [0.1, 0.15) is 11.4 Å². The maximum absolute atomic E-state index is 12.3. The minimum atomic E-state index is -0.119. The van der Waals surface area contributed by atoms with Crippen LogP contribution >= 0.6 is 0 Å². The number of nitrogens with one attached hydrogen (secondary N) is 1. The third-order valence-corrected chi connectivity index (χ3v) is 4.20. The van der Waals surface area contributed by atoms with Crippen LogP contribution in [0.15, 0.2) is 67.3 Å². The average Bonchev–Trinajstić information content (AvgIpc) is 3.28. The van der Waals surface area contributed by atoms with Gasteiger partial charge in [0.2, 0.25) is 5.91 Å². The van der Waals surface area contributed by atoms with E-state index in [0.717, 1.165) is 16.9 Å². The molecule has 1 amide bonds. The molecular formula is C20H19N5O2. The fourth-order valence-corrected chi connectivity index (χ4v) is 2.97. The van der Waals surface area contributed by atoms with Gasteiger partial charge in [-0.2, -0.15) is 5.10 Å². The Hall–Kier alpha value is -3.61. The van der Waals surface area contributed by atoms with Gasteiger partial charge in [0.05, 0.1) is 37.7 Å². The molecule has 7 nitrogen and oxygen atoms in total. The van der Waals surface area contributed by atoms with Crippen molar-refractivity contribution in [2.24, 2.45) is 0 Å². The quantitative estimate of drug-likeness (QED) is 0.573. The number of aromatic nitrogens is 4. The Morgan fingerprint density at radius 3 is 2.85 bits per heavy atom. The Morgan fingerprint density at radius 1 is 1.15 bits per heavy atom. The molecule has 0 unspecified atom stereocenters. The van der Waals surface area contributed by atoms with Crippen molar-refractivity contribution in [1.29, 1.82) is 0 Å². The lowest BCUT2D eigenvalue weighted by Crippen LogP contribution is -2.14. The van der Waals surface area contributed by atoms with Crippen molar-refractivity contribution in [2.45, 2.75) is 13.0 Å². The Kier molecular flexibility index (Phi) is 4.57. The van der Waals surface area contributed by atoms with Gasteiger partial charge in [-0.1, -0.05) is 24.3 Å². The molecule has 0 aliphatic rings. The number of fused-ring (bicyclic) bond motifs is 1. The lowest BCUT2D eigenvalue weighted by Gasteiger charge is -2.07. The molecule has 0 fully saturated rings. The molecule has 0 atom stereocenters. The van der Waals surface area contributed by atoms with Gasteiger partial charge >= 0.3 is 0 Å². The largest absolute Gasteiger partial charge is 0.496 e. The molecule has 3 heterocycles. The number of hydrogen-bond donors (Lipinski definition) is 1. The molecule has 0 aliphatic carbocycles. The van der Waals surface area contributed by atoms with E-state index < -0.39 is 0 Å². The average molecular weight is 361 g/mol. The van der Waals surface area contributed by atoms with Gasteiger partial charge in [0.15, 0.2) is 0 Å². The highest BCUT2D eigenvalue weighted by molar-refractivity contribution is 5.92. The zero-order chi connectivity index (χ0) is 18.6. The molecule has 0 spiro atoms. The number of rotatable bonds is 6. The third kappa shape index (κ3) is 3.82. The predicted molar refractivity (Wildman–Crippen MR) is 102 cm³/mol. The lowest BCUT2D eigenvalue weighted by molar-refractivity contribution is -0.115. The summed E-state index contributed by atoms with van der Waals surface area (Å²) in [6, 6.07) is 13.4. The first-order valence-corrected chi connectivity index (χ1v) is 8.58. The van der Waals surface area contributed by atoms with Gasteiger partial charge in [0, 0.05) is 24.2 Å². The summed E-state index contributed by atoms with van der Waals surface area (Å²) in [5.41, 5.74) is 3.29. The monoisotopic (exact) mass is 361 g/mol. The van der Waals surface area contributed by atoms with E-state index in [1.54, 1.807) is 24.2 Å². The van der Waals surface area contributed by atoms with Crippen LogP contribution in [0.4, 0.5) is 5.69 Å². The number of carbonyl (C=O) groups is 1. The van der Waals surface area contributed by atoms with E-state index in [1.165, 1.54) is 0 Å². The minimum Gasteiger partial charge on any atom is -0.496 e. The van der Waals surface area contributed by atoms with E-state index in [2.05, 4.69) is 15.4 Å². The van der Waals surface area contributed by atoms with E-state index in [-0.39, 0.29) is 12.3 Å². The summed E-state index contributed by atoms with van der Waals surface area (Å²) < 4.78 is 9.00. The van der Waals surface area contributed by atoms with Gasteiger partial charge in [0.25, 0.3) is 0 Å². The summed E-state index contributed by atoms with van der Waals surface area (Å²) in [6.07, 6.45) is 7.59. The van der Waals surface area contributed by atoms with Gasteiger partial charge in [-0.25, -0.2) is 4.98 Å². The molecule has 4 aromatic rings. The van der Waals surface area contributed by atoms with Crippen molar-refractivity contribution >= 4 is 17.2 Å². The van der Waals surface area contributed by atoms with Crippen molar-refractivity contribution in [3.8, 4) is 5.75 Å². The van der Waals surface area contributed by atoms with Crippen molar-refractivity contribution in [3.05, 3.63) is 78.5 Å². The van der Waals surface area contributed by atoms with Crippen LogP contribution in [-0.2, 0) is 17.8 Å². The van der Waals surface area contributed by atoms with Crippen molar-refractivity contribution < 1.29 is 9.53 Å². The molecule has 0 aliphatic heterocycles. The number of benzene rings is 1. The summed E-state index contributed by atoms with van der Waals surface area (Å²) in [7, 11) is 1.60. The van der Waals surface area contributed by atoms with Crippen LogP contribution < -0.4 is 10.1 Å². The van der Waals surface area contributed by atoms with Crippen LogP contribution in [0.25, 0.3) is 5.65 Å². The summed E-state index contributed by atoms with van der Waals surface area (Å²) in [4.78, 5) is 16.9. The first-order chi connectivity index (χ1) is 13.2. The number of hydrogen-bond acceptors (Lipinski definition) is 4. The standard InChI is InChI=1S/C20H19N5O2/c1-27-18-7-3-2-6-15(18)10-20(26)23-16-11-21-25(13-16)14-17-12-24-9-5-4-8-19(24)22-17/h2-9,11-13H,10,14H2,1H3,(H,23,26). The van der Waals surface area contributed by atoms with Crippen molar-refractivity contribution in [3.63, 3.8) is 0 Å². The molecule has 7 heteroatoms. The molecule has 0 saturated heterocycles. The summed E-state index contributed by atoms with van der Waals surface area (Å²) in [5, 5.41) is 7.17. The van der Waals surface area contributed by atoms with Gasteiger partial charge < -0.3 is 14.5 Å². The predicted octanol–water partition coefficient (Wildman–Crippen LogP) is 2.77. The summed E-state index contributed by atoms with van der Waals surface area (Å²) >= 11 is 0. The van der Waals surface area contributed by atoms with Crippen LogP contribution in [0.3, 0.4) is 0 Å². The fraction of sp³-hybridized carbons (Fsp3) is 0.150. The summed E-state index contributed by atoms with van der Waals surface area (Å²) in [6.45, 7) is 0.532. The molecule has 0 saturated carbocycles. The molecule has 1 aromatic carbocycles. The second-order valence-corrected chi connectivity index (χ2v) is 6.16. The molecule has 1 N–H and O–H groups in total. The Morgan fingerprint density at radius 2 is 2.00 bits per heavy atom. The fourth-order valence-electron chi connectivity index (χ4n) is 2.97. The maximum Gasteiger partial charge on any atom is 0.229 e. The SMILES string of the molecule is COc1ccccc1CC(=O)Nc1cnn(Cc2cn3ccccc3n2)c1. The highest BCUT2D eigenvalue weighted by Crippen LogP contribution is 2.18. The van der Waals surface area contributed by atoms with E-state index >= 15 is 0 Å². The number of ether oxygens (including phenoxy) is 1. The molecule has 27 heavy (non-hydrogen) atoms. The molecule has 0 radical (unpaired) electrons. The zero-order valence-corrected chi connectivity index (χ0v) is 14.9. The molecule has 136 valence electrons. The highest BCUT2D eigenvalue weighted by Gasteiger charge is 2.10. The minimum absolute atomic E-state index is 0.119. The number of anilines is 1. The maximum atomic E-state index is 12.3. The summed E-state index contributed by atoms with van der Waals surface area (Å²) in [5.74, 6) is 0.585. The number of pyridine rings is 1. The van der Waals surface area contributed by atoms with Crippen molar-refractivity contribution in [2.75, 3.05) is 12.4 Å². The Bertz CT molecular complexity index is 1050. The van der Waals surface area contributed by atoms with Gasteiger partial charge in [-0.15, -0.1) is 0 Å². The number of imidazole rings is 1. The van der Waals surface area contributed by atoms with Gasteiger partial charge in [-0.05, 0) is 18.2 Å². The molecule has 3 aromatic heterocycles. The van der Waals surface area contributed by atoms with E-state index in [0.29, 0.717) is 18.0 Å². The van der Waals surface area contributed by atoms with E-state index in [9.17, 15) is 4.79 Å². The zero-order valence-electron chi connectivity index (χ0n) is 14.9. The topological polar surface area (TPSA) is 73.5 Å². The first-order valence-electron chi connectivity index (χ1n) is 8.58. The van der Waals surface area contributed by atoms with Crippen LogP contribution in [0.5, 0.6) is 5.75 Å². The number of methoxy groups -OCH3 is 1. The van der Waals surface area contributed by atoms with Crippen molar-refractivity contribution in [1.82, 2.24) is 19.2 Å². The second kappa shape index (κ2) is 7.33. The van der Waals surface area contributed by atoms with Crippen LogP contribution in [0.2, 0.25) is 0 Å². The molecule has 0 bridgehead atoms. The Labute approximate surface area is 156 Å². The van der Waals surface area contributed by atoms with E-state index in [1.807, 2.05) is 59.3 Å². The lowest BCUT2D eigenvalue weighted by atomic mass is 10.1.